The van der Waals surface area contributed by atoms with E-state index in [-0.39, 0.29) is 17.7 Å². The van der Waals surface area contributed by atoms with E-state index in [9.17, 15) is 14.4 Å². The van der Waals surface area contributed by atoms with Gasteiger partial charge >= 0.3 is 5.97 Å². The Morgan fingerprint density at radius 2 is 1.67 bits per heavy atom. The first-order valence-electron chi connectivity index (χ1n) is 5.93. The Labute approximate surface area is 107 Å². The van der Waals surface area contributed by atoms with Gasteiger partial charge in [-0.3, -0.25) is 9.59 Å². The van der Waals surface area contributed by atoms with Crippen molar-refractivity contribution in [2.45, 2.75) is 46.2 Å². The minimum absolute atomic E-state index is 0.251. The van der Waals surface area contributed by atoms with Gasteiger partial charge in [0.25, 0.3) is 0 Å². The minimum Gasteiger partial charge on any atom is -0.467 e. The third-order valence-electron chi connectivity index (χ3n) is 2.31. The molecule has 0 aromatic rings. The smallest absolute Gasteiger partial charge is 0.328 e. The van der Waals surface area contributed by atoms with E-state index in [2.05, 4.69) is 15.4 Å². The molecule has 0 bridgehead atoms. The van der Waals surface area contributed by atoms with Crippen LogP contribution in [0.4, 0.5) is 0 Å². The molecule has 0 saturated heterocycles. The maximum Gasteiger partial charge on any atom is 0.328 e. The zero-order valence-electron chi connectivity index (χ0n) is 11.6. The number of ether oxygens (including phenoxy) is 1. The van der Waals surface area contributed by atoms with Crippen LogP contribution >= 0.6 is 0 Å². The van der Waals surface area contributed by atoms with Gasteiger partial charge in [0.1, 0.15) is 12.1 Å². The minimum atomic E-state index is -0.731. The van der Waals surface area contributed by atoms with Crippen LogP contribution in [0.5, 0.6) is 0 Å². The molecule has 0 aliphatic carbocycles. The van der Waals surface area contributed by atoms with Gasteiger partial charge in [0, 0.05) is 6.92 Å². The van der Waals surface area contributed by atoms with Crippen molar-refractivity contribution in [1.29, 1.82) is 0 Å². The van der Waals surface area contributed by atoms with Crippen molar-refractivity contribution in [1.82, 2.24) is 10.6 Å². The SMILES string of the molecule is COC(=O)C(C)NC(=O)C(CC(C)C)NC(C)=O. The summed E-state index contributed by atoms with van der Waals surface area (Å²) in [6.45, 7) is 6.78. The monoisotopic (exact) mass is 258 g/mol. The summed E-state index contributed by atoms with van der Waals surface area (Å²) < 4.78 is 4.51. The van der Waals surface area contributed by atoms with E-state index in [1.54, 1.807) is 0 Å². The Morgan fingerprint density at radius 3 is 2.06 bits per heavy atom. The van der Waals surface area contributed by atoms with E-state index >= 15 is 0 Å². The molecular formula is C12H22N2O4. The van der Waals surface area contributed by atoms with Crippen LogP contribution in [-0.2, 0) is 19.1 Å². The lowest BCUT2D eigenvalue weighted by molar-refractivity contribution is -0.144. The average molecular weight is 258 g/mol. The first-order chi connectivity index (χ1) is 8.27. The zero-order chi connectivity index (χ0) is 14.3. The van der Waals surface area contributed by atoms with Crippen LogP contribution in [0.15, 0.2) is 0 Å². The van der Waals surface area contributed by atoms with Gasteiger partial charge in [0.2, 0.25) is 11.8 Å². The van der Waals surface area contributed by atoms with Crippen LogP contribution in [0, 0.1) is 5.92 Å². The van der Waals surface area contributed by atoms with Crippen molar-refractivity contribution in [2.75, 3.05) is 7.11 Å². The molecule has 0 radical (unpaired) electrons. The van der Waals surface area contributed by atoms with Crippen molar-refractivity contribution in [2.24, 2.45) is 5.92 Å². The summed E-state index contributed by atoms with van der Waals surface area (Å²) in [6, 6.07) is -1.36. The standard InChI is InChI=1S/C12H22N2O4/c1-7(2)6-10(14-9(4)15)11(16)13-8(3)12(17)18-5/h7-8,10H,6H2,1-5H3,(H,13,16)(H,14,15). The molecule has 0 heterocycles. The Bertz CT molecular complexity index is 315. The topological polar surface area (TPSA) is 84.5 Å². The van der Waals surface area contributed by atoms with E-state index < -0.39 is 18.1 Å². The summed E-state index contributed by atoms with van der Waals surface area (Å²) in [4.78, 5) is 34.1. The third kappa shape index (κ3) is 6.22. The van der Waals surface area contributed by atoms with Crippen molar-refractivity contribution < 1.29 is 19.1 Å². The van der Waals surface area contributed by atoms with Gasteiger partial charge in [-0.2, -0.15) is 0 Å². The van der Waals surface area contributed by atoms with Crippen LogP contribution in [0.2, 0.25) is 0 Å². The van der Waals surface area contributed by atoms with Gasteiger partial charge in [-0.05, 0) is 19.3 Å². The molecule has 0 aromatic heterocycles. The van der Waals surface area contributed by atoms with Crippen LogP contribution in [0.25, 0.3) is 0 Å². The Hall–Kier alpha value is -1.59. The number of hydrogen-bond acceptors (Lipinski definition) is 4. The normalized spacial score (nSPS) is 13.7. The van der Waals surface area contributed by atoms with E-state index in [0.717, 1.165) is 0 Å². The summed E-state index contributed by atoms with van der Waals surface area (Å²) in [5.41, 5.74) is 0. The van der Waals surface area contributed by atoms with E-state index in [1.807, 2.05) is 13.8 Å². The molecule has 2 amide bonds. The first-order valence-corrected chi connectivity index (χ1v) is 5.93. The molecule has 2 N–H and O–H groups in total. The maximum atomic E-state index is 11.9. The lowest BCUT2D eigenvalue weighted by Gasteiger charge is -2.21. The Balaban J connectivity index is 4.54. The second-order valence-corrected chi connectivity index (χ2v) is 4.64. The van der Waals surface area contributed by atoms with Crippen molar-refractivity contribution in [3.8, 4) is 0 Å². The molecule has 2 atom stereocenters. The zero-order valence-corrected chi connectivity index (χ0v) is 11.6. The second-order valence-electron chi connectivity index (χ2n) is 4.64. The summed E-state index contributed by atoms with van der Waals surface area (Å²) in [6.07, 6.45) is 0.513. The number of carbonyl (C=O) groups excluding carboxylic acids is 3. The average Bonchev–Trinajstić information content (AvgIpc) is 2.25. The molecule has 0 rings (SSSR count). The number of esters is 1. The number of amides is 2. The fourth-order valence-corrected chi connectivity index (χ4v) is 1.50. The number of hydrogen-bond donors (Lipinski definition) is 2. The molecule has 0 aliphatic rings. The highest BCUT2D eigenvalue weighted by Gasteiger charge is 2.24. The van der Waals surface area contributed by atoms with Gasteiger partial charge in [0.05, 0.1) is 7.11 Å². The maximum absolute atomic E-state index is 11.9. The van der Waals surface area contributed by atoms with Gasteiger partial charge in [-0.1, -0.05) is 13.8 Å². The largest absolute Gasteiger partial charge is 0.467 e. The molecule has 104 valence electrons. The van der Waals surface area contributed by atoms with Crippen molar-refractivity contribution in [3.63, 3.8) is 0 Å². The highest BCUT2D eigenvalue weighted by molar-refractivity contribution is 5.90. The first kappa shape index (κ1) is 16.4. The highest BCUT2D eigenvalue weighted by atomic mass is 16.5. The van der Waals surface area contributed by atoms with E-state index in [1.165, 1.54) is 21.0 Å². The fourth-order valence-electron chi connectivity index (χ4n) is 1.50. The van der Waals surface area contributed by atoms with Gasteiger partial charge in [-0.15, -0.1) is 0 Å². The molecule has 18 heavy (non-hydrogen) atoms. The van der Waals surface area contributed by atoms with E-state index in [0.29, 0.717) is 6.42 Å². The van der Waals surface area contributed by atoms with Crippen molar-refractivity contribution in [3.05, 3.63) is 0 Å². The lowest BCUT2D eigenvalue weighted by atomic mass is 10.0. The number of rotatable bonds is 6. The van der Waals surface area contributed by atoms with Crippen LogP contribution in [0.1, 0.15) is 34.1 Å². The summed E-state index contributed by atoms with van der Waals surface area (Å²) in [7, 11) is 1.25. The predicted molar refractivity (Wildman–Crippen MR) is 66.7 cm³/mol. The van der Waals surface area contributed by atoms with Crippen LogP contribution in [-0.4, -0.2) is 37.0 Å². The molecule has 0 aliphatic heterocycles. The lowest BCUT2D eigenvalue weighted by Crippen LogP contribution is -2.51. The summed E-state index contributed by atoms with van der Waals surface area (Å²) in [5, 5.41) is 5.08. The number of nitrogens with one attached hydrogen (secondary N) is 2. The molecule has 6 nitrogen and oxygen atoms in total. The third-order valence-corrected chi connectivity index (χ3v) is 2.31. The van der Waals surface area contributed by atoms with Gasteiger partial charge in [-0.25, -0.2) is 4.79 Å². The van der Waals surface area contributed by atoms with Gasteiger partial charge in [0.15, 0.2) is 0 Å². The van der Waals surface area contributed by atoms with Crippen molar-refractivity contribution >= 4 is 17.8 Å². The molecular weight excluding hydrogens is 236 g/mol. The van der Waals surface area contributed by atoms with E-state index in [4.69, 9.17) is 0 Å². The second kappa shape index (κ2) is 7.68. The fraction of sp³-hybridized carbons (Fsp3) is 0.750. The molecule has 0 aromatic carbocycles. The Morgan fingerprint density at radius 1 is 1.11 bits per heavy atom. The molecule has 0 fully saturated rings. The van der Waals surface area contributed by atoms with Crippen LogP contribution in [0.3, 0.4) is 0 Å². The quantitative estimate of drug-likeness (QED) is 0.667. The molecule has 0 spiro atoms. The van der Waals surface area contributed by atoms with Gasteiger partial charge < -0.3 is 15.4 Å². The summed E-state index contributed by atoms with van der Waals surface area (Å²) >= 11 is 0. The number of carbonyl (C=O) groups is 3. The molecule has 6 heteroatoms. The molecule has 0 saturated carbocycles. The predicted octanol–water partition coefficient (Wildman–Crippen LogP) is 0.215. The Kier molecular flexibility index (Phi) is 7.00. The number of methoxy groups -OCH3 is 1. The summed E-state index contributed by atoms with van der Waals surface area (Å²) in [5.74, 6) is -0.922. The molecule has 2 unspecified atom stereocenters. The highest BCUT2D eigenvalue weighted by Crippen LogP contribution is 2.05. The van der Waals surface area contributed by atoms with Crippen LogP contribution < -0.4 is 10.6 Å².